The Bertz CT molecular complexity index is 450. The number of alkyl halides is 3. The molecule has 120 valence electrons. The van der Waals surface area contributed by atoms with Gasteiger partial charge < -0.3 is 15.3 Å². The van der Waals surface area contributed by atoms with Crippen LogP contribution < -0.4 is 5.32 Å². The second-order valence-electron chi connectivity index (χ2n) is 4.75. The summed E-state index contributed by atoms with van der Waals surface area (Å²) in [4.78, 5) is 2.05. The molecule has 0 bridgehead atoms. The molecule has 2 N–H and O–H groups in total. The first-order chi connectivity index (χ1) is 9.76. The van der Waals surface area contributed by atoms with Gasteiger partial charge in [0.25, 0.3) is 0 Å². The molecule has 0 fully saturated rings. The summed E-state index contributed by atoms with van der Waals surface area (Å²) >= 11 is 3.06. The Morgan fingerprint density at radius 1 is 1.24 bits per heavy atom. The fourth-order valence-electron chi connectivity index (χ4n) is 1.94. The van der Waals surface area contributed by atoms with Crippen molar-refractivity contribution in [1.29, 1.82) is 0 Å². The zero-order valence-corrected chi connectivity index (χ0v) is 13.6. The number of aliphatic hydroxyl groups excluding tert-OH is 1. The molecule has 0 saturated heterocycles. The summed E-state index contributed by atoms with van der Waals surface area (Å²) in [5.74, 6) is 0. The molecule has 0 radical (unpaired) electrons. The van der Waals surface area contributed by atoms with Crippen LogP contribution in [0.4, 0.5) is 18.9 Å². The molecular weight excluding hydrogens is 349 g/mol. The third-order valence-electron chi connectivity index (χ3n) is 3.13. The lowest BCUT2D eigenvalue weighted by molar-refractivity contribution is -0.137. The second-order valence-corrected chi connectivity index (χ2v) is 5.66. The molecule has 21 heavy (non-hydrogen) atoms. The summed E-state index contributed by atoms with van der Waals surface area (Å²) in [7, 11) is 0. The van der Waals surface area contributed by atoms with Crippen LogP contribution in [0.15, 0.2) is 22.7 Å². The number of hydrogen-bond donors (Lipinski definition) is 2. The molecule has 0 saturated carbocycles. The summed E-state index contributed by atoms with van der Waals surface area (Å²) in [6, 6.07) is 3.62. The second kappa shape index (κ2) is 8.00. The smallest absolute Gasteiger partial charge is 0.390 e. The van der Waals surface area contributed by atoms with Crippen LogP contribution in [0.3, 0.4) is 0 Å². The highest BCUT2D eigenvalue weighted by atomic mass is 79.9. The quantitative estimate of drug-likeness (QED) is 0.771. The fraction of sp³-hybridized carbons (Fsp3) is 0.571. The van der Waals surface area contributed by atoms with Crippen LogP contribution >= 0.6 is 15.9 Å². The van der Waals surface area contributed by atoms with Gasteiger partial charge in [-0.25, -0.2) is 0 Å². The molecule has 0 spiro atoms. The predicted molar refractivity (Wildman–Crippen MR) is 81.4 cm³/mol. The van der Waals surface area contributed by atoms with Crippen LogP contribution in [0, 0.1) is 0 Å². The van der Waals surface area contributed by atoms with E-state index in [1.54, 1.807) is 6.07 Å². The van der Waals surface area contributed by atoms with Crippen LogP contribution in [0.2, 0.25) is 0 Å². The van der Waals surface area contributed by atoms with Crippen molar-refractivity contribution in [2.45, 2.75) is 26.1 Å². The number of nitrogens with one attached hydrogen (secondary N) is 1. The number of halogens is 4. The lowest BCUT2D eigenvalue weighted by Crippen LogP contribution is -2.35. The summed E-state index contributed by atoms with van der Waals surface area (Å²) < 4.78 is 38.5. The molecule has 1 aromatic rings. The van der Waals surface area contributed by atoms with Crippen molar-refractivity contribution in [2.24, 2.45) is 0 Å². The van der Waals surface area contributed by atoms with E-state index in [1.807, 2.05) is 13.8 Å². The van der Waals surface area contributed by atoms with E-state index in [-0.39, 0.29) is 6.54 Å². The highest BCUT2D eigenvalue weighted by molar-refractivity contribution is 9.10. The van der Waals surface area contributed by atoms with E-state index >= 15 is 0 Å². The lowest BCUT2D eigenvalue weighted by Gasteiger charge is -2.22. The Morgan fingerprint density at radius 3 is 2.38 bits per heavy atom. The Balaban J connectivity index is 2.65. The van der Waals surface area contributed by atoms with Crippen molar-refractivity contribution in [3.63, 3.8) is 0 Å². The number of aliphatic hydroxyl groups is 1. The maximum atomic E-state index is 12.7. The zero-order valence-electron chi connectivity index (χ0n) is 12.0. The lowest BCUT2D eigenvalue weighted by atomic mass is 10.2. The van der Waals surface area contributed by atoms with Crippen LogP contribution in [0.25, 0.3) is 0 Å². The third-order valence-corrected chi connectivity index (χ3v) is 3.59. The molecule has 7 heteroatoms. The number of hydrogen-bond acceptors (Lipinski definition) is 3. The molecule has 1 rings (SSSR count). The van der Waals surface area contributed by atoms with Crippen molar-refractivity contribution in [3.05, 3.63) is 28.2 Å². The van der Waals surface area contributed by atoms with Gasteiger partial charge in [0.15, 0.2) is 0 Å². The van der Waals surface area contributed by atoms with E-state index in [1.165, 1.54) is 0 Å². The molecule has 0 heterocycles. The van der Waals surface area contributed by atoms with Gasteiger partial charge in [0.2, 0.25) is 0 Å². The van der Waals surface area contributed by atoms with Gasteiger partial charge in [0.1, 0.15) is 0 Å². The number of rotatable bonds is 7. The van der Waals surface area contributed by atoms with Crippen molar-refractivity contribution < 1.29 is 18.3 Å². The largest absolute Gasteiger partial charge is 0.416 e. The maximum Gasteiger partial charge on any atom is 0.416 e. The number of likely N-dealkylation sites (N-methyl/N-ethyl adjacent to an activating group) is 1. The van der Waals surface area contributed by atoms with E-state index in [0.717, 1.165) is 25.2 Å². The van der Waals surface area contributed by atoms with E-state index in [4.69, 9.17) is 0 Å². The van der Waals surface area contributed by atoms with E-state index in [0.29, 0.717) is 16.7 Å². The van der Waals surface area contributed by atoms with Crippen molar-refractivity contribution >= 4 is 21.6 Å². The fourth-order valence-corrected chi connectivity index (χ4v) is 2.43. The molecule has 1 atom stereocenters. The number of anilines is 1. The molecule has 1 aromatic carbocycles. The van der Waals surface area contributed by atoms with Crippen LogP contribution in [-0.4, -0.2) is 42.3 Å². The van der Waals surface area contributed by atoms with Crippen molar-refractivity contribution in [2.75, 3.05) is 31.5 Å². The SMILES string of the molecule is CCN(CC)CC(O)CNc1cc(Br)cc(C(F)(F)F)c1. The van der Waals surface area contributed by atoms with Crippen LogP contribution in [0.1, 0.15) is 19.4 Å². The minimum Gasteiger partial charge on any atom is -0.390 e. The standard InChI is InChI=1S/C14H20BrF3N2O/c1-3-20(4-2)9-13(21)8-19-12-6-10(14(16,17)18)5-11(15)7-12/h5-7,13,19,21H,3-4,8-9H2,1-2H3. The maximum absolute atomic E-state index is 12.7. The van der Waals surface area contributed by atoms with Crippen molar-refractivity contribution in [1.82, 2.24) is 4.90 Å². The average Bonchev–Trinajstić information content (AvgIpc) is 2.41. The Kier molecular flexibility index (Phi) is 6.96. The zero-order chi connectivity index (χ0) is 16.0. The molecule has 3 nitrogen and oxygen atoms in total. The van der Waals surface area contributed by atoms with Gasteiger partial charge in [-0.15, -0.1) is 0 Å². The molecule has 0 aliphatic carbocycles. The van der Waals surface area contributed by atoms with Gasteiger partial charge in [-0.2, -0.15) is 13.2 Å². The Morgan fingerprint density at radius 2 is 1.86 bits per heavy atom. The predicted octanol–water partition coefficient (Wildman–Crippen LogP) is 3.58. The Labute approximate surface area is 131 Å². The van der Waals surface area contributed by atoms with Crippen molar-refractivity contribution in [3.8, 4) is 0 Å². The summed E-state index contributed by atoms with van der Waals surface area (Å²) in [6.45, 7) is 6.32. The van der Waals surface area contributed by atoms with Gasteiger partial charge in [-0.3, -0.25) is 0 Å². The third kappa shape index (κ3) is 6.23. The summed E-state index contributed by atoms with van der Waals surface area (Å²) in [6.07, 6.45) is -5.03. The van der Waals surface area contributed by atoms with Gasteiger partial charge >= 0.3 is 6.18 Å². The van der Waals surface area contributed by atoms with E-state index in [9.17, 15) is 18.3 Å². The first kappa shape index (κ1) is 18.3. The van der Waals surface area contributed by atoms with E-state index in [2.05, 4.69) is 26.1 Å². The summed E-state index contributed by atoms with van der Waals surface area (Å²) in [5, 5.41) is 12.7. The minimum absolute atomic E-state index is 0.199. The normalized spacial score (nSPS) is 13.5. The first-order valence-electron chi connectivity index (χ1n) is 6.78. The average molecular weight is 369 g/mol. The van der Waals surface area contributed by atoms with Gasteiger partial charge in [-0.05, 0) is 31.3 Å². The minimum atomic E-state index is -4.39. The highest BCUT2D eigenvalue weighted by Crippen LogP contribution is 2.33. The molecular formula is C14H20BrF3N2O. The molecule has 0 aliphatic heterocycles. The highest BCUT2D eigenvalue weighted by Gasteiger charge is 2.31. The van der Waals surface area contributed by atoms with Gasteiger partial charge in [0.05, 0.1) is 11.7 Å². The molecule has 1 unspecified atom stereocenters. The Hall–Kier alpha value is -0.790. The van der Waals surface area contributed by atoms with Gasteiger partial charge in [-0.1, -0.05) is 29.8 Å². The molecule has 0 aliphatic rings. The number of benzene rings is 1. The van der Waals surface area contributed by atoms with Gasteiger partial charge in [0, 0.05) is 23.2 Å². The summed E-state index contributed by atoms with van der Waals surface area (Å²) in [5.41, 5.74) is -0.395. The molecule has 0 amide bonds. The first-order valence-corrected chi connectivity index (χ1v) is 7.57. The monoisotopic (exact) mass is 368 g/mol. The number of nitrogens with zero attached hydrogens (tertiary/aromatic N) is 1. The topological polar surface area (TPSA) is 35.5 Å². The van der Waals surface area contributed by atoms with Crippen LogP contribution in [0.5, 0.6) is 0 Å². The van der Waals surface area contributed by atoms with E-state index < -0.39 is 17.8 Å². The van der Waals surface area contributed by atoms with Crippen LogP contribution in [-0.2, 0) is 6.18 Å². The molecule has 0 aromatic heterocycles.